The van der Waals surface area contributed by atoms with Crippen LogP contribution in [0.3, 0.4) is 0 Å². The molecule has 0 aromatic heterocycles. The Labute approximate surface area is 363 Å². The van der Waals surface area contributed by atoms with Crippen LogP contribution in [0.4, 0.5) is 0 Å². The molecule has 0 radical (unpaired) electrons. The predicted octanol–water partition coefficient (Wildman–Crippen LogP) is 8.68. The molecule has 294 valence electrons. The van der Waals surface area contributed by atoms with Gasteiger partial charge in [0.1, 0.15) is 0 Å². The van der Waals surface area contributed by atoms with Gasteiger partial charge >= 0.3 is 151 Å². The quantitative estimate of drug-likeness (QED) is 0.160. The van der Waals surface area contributed by atoms with E-state index in [1.165, 1.54) is 93.5 Å². The van der Waals surface area contributed by atoms with Crippen LogP contribution in [0, 0.1) is 17.9 Å². The number of allylic oxidation sites excluding steroid dienone is 4. The first kappa shape index (κ1) is 48.7. The minimum Gasteiger partial charge on any atom is -1.00 e. The molecule has 0 heterocycles. The van der Waals surface area contributed by atoms with Crippen molar-refractivity contribution in [1.29, 1.82) is 0 Å². The number of hydrogen-bond donors (Lipinski definition) is 0. The van der Waals surface area contributed by atoms with Crippen molar-refractivity contribution in [3.63, 3.8) is 0 Å². The van der Waals surface area contributed by atoms with Gasteiger partial charge in [-0.25, -0.2) is 5.57 Å². The number of hydrogen-bond acceptors (Lipinski definition) is 0. The Morgan fingerprint density at radius 3 is 1.15 bits per heavy atom. The van der Waals surface area contributed by atoms with E-state index in [1.54, 1.807) is 0 Å². The molecule has 0 amide bonds. The molecule has 1 unspecified atom stereocenters. The molecule has 0 saturated heterocycles. The molecule has 5 aromatic carbocycles. The smallest absolute Gasteiger partial charge is 0.0202 e. The Morgan fingerprint density at radius 1 is 0.564 bits per heavy atom. The summed E-state index contributed by atoms with van der Waals surface area (Å²) in [5.41, 5.74) is 11.9. The molecule has 0 bridgehead atoms. The normalized spacial score (nSPS) is 14.6. The fourth-order valence-electron chi connectivity index (χ4n) is 6.88. The minimum absolute atomic E-state index is 0. The van der Waals surface area contributed by atoms with E-state index in [1.807, 2.05) is 0 Å². The molecule has 1 aliphatic carbocycles. The van der Waals surface area contributed by atoms with Gasteiger partial charge < -0.3 is 24.8 Å². The van der Waals surface area contributed by atoms with Crippen LogP contribution < -0.4 is 24.8 Å². The van der Waals surface area contributed by atoms with Crippen molar-refractivity contribution in [2.45, 2.75) is 132 Å². The van der Waals surface area contributed by atoms with E-state index in [9.17, 15) is 0 Å². The maximum Gasteiger partial charge on any atom is -0.0202 e. The van der Waals surface area contributed by atoms with Crippen molar-refractivity contribution < 1.29 is 49.0 Å². The number of rotatable bonds is 3. The van der Waals surface area contributed by atoms with E-state index >= 15 is 0 Å². The van der Waals surface area contributed by atoms with Gasteiger partial charge in [0.15, 0.2) is 0 Å². The fraction of sp³-hybridized carbons (Fsp3) is 0.423. The van der Waals surface area contributed by atoms with Crippen molar-refractivity contribution in [3.05, 3.63) is 148 Å². The Kier molecular flexibility index (Phi) is 16.7. The SMILES string of the molecule is CC(C)(C)c1ccc([C](=[Zr+2])c2ccc(C(C)(C)C)cc2)cc1.CC(C)(C)c1ccc2c(c1)[cH-]c1cc(C(C)(C)C)ccc12.CC1=[C-]C(C)C=C1C(C)C.[Cl-].[Cl-]. The van der Waals surface area contributed by atoms with E-state index in [2.05, 4.69) is 214 Å². The summed E-state index contributed by atoms with van der Waals surface area (Å²) in [6.07, 6.45) is 5.68. The molecule has 3 heteroatoms. The zero-order valence-electron chi connectivity index (χ0n) is 36.6. The topological polar surface area (TPSA) is 0 Å². The van der Waals surface area contributed by atoms with Crippen molar-refractivity contribution in [2.24, 2.45) is 11.8 Å². The zero-order valence-corrected chi connectivity index (χ0v) is 40.6. The molecule has 0 saturated carbocycles. The van der Waals surface area contributed by atoms with Crippen LogP contribution in [0.25, 0.3) is 21.5 Å². The average molecular weight is 853 g/mol. The van der Waals surface area contributed by atoms with Gasteiger partial charge in [-0.2, -0.15) is 11.6 Å². The van der Waals surface area contributed by atoms with Crippen molar-refractivity contribution in [3.8, 4) is 0 Å². The van der Waals surface area contributed by atoms with Crippen LogP contribution >= 0.6 is 0 Å². The predicted molar refractivity (Wildman–Crippen MR) is 232 cm³/mol. The summed E-state index contributed by atoms with van der Waals surface area (Å²) in [6.45, 7) is 36.0. The number of benzene rings is 4. The minimum atomic E-state index is 0. The van der Waals surface area contributed by atoms with E-state index in [-0.39, 0.29) is 46.5 Å². The monoisotopic (exact) mass is 850 g/mol. The first-order valence-corrected chi connectivity index (χ1v) is 20.9. The van der Waals surface area contributed by atoms with Gasteiger partial charge in [-0.05, 0) is 10.8 Å². The standard InChI is InChI=1S/C21H25.C21H26.C10H15.2ClH.Zr/c1-20(2,3)16-7-9-18-14(12-16)11-15-13-17(21(4,5)6)8-10-19(15)18;1-20(2,3)18-11-7-16(8-12-18)15-17-9-13-19(14-10-17)21(4,5)6;1-7(2)10-6-8(3)5-9(10)4;;;/h7-13H,1-6H3;7-14H,1-6H3;6-8H,1-4H3;2*1H;/q-1;;-1;;;+2/p-2. The first-order chi connectivity index (χ1) is 24.4. The van der Waals surface area contributed by atoms with Crippen LogP contribution in [0.2, 0.25) is 0 Å². The third kappa shape index (κ3) is 12.8. The van der Waals surface area contributed by atoms with Gasteiger partial charge in [-0.3, -0.25) is 6.08 Å². The van der Waals surface area contributed by atoms with Crippen molar-refractivity contribution in [1.82, 2.24) is 0 Å². The van der Waals surface area contributed by atoms with Crippen molar-refractivity contribution >= 4 is 24.8 Å². The number of fused-ring (bicyclic) bond motifs is 3. The van der Waals surface area contributed by atoms with Crippen molar-refractivity contribution in [2.75, 3.05) is 0 Å². The number of halogens is 2. The zero-order chi connectivity index (χ0) is 39.7. The van der Waals surface area contributed by atoms with E-state index < -0.39 is 0 Å². The maximum absolute atomic E-state index is 3.37. The molecule has 0 spiro atoms. The molecule has 1 aliphatic rings. The third-order valence-corrected chi connectivity index (χ3v) is 11.9. The summed E-state index contributed by atoms with van der Waals surface area (Å²) >= 11 is 1.46. The Morgan fingerprint density at radius 2 is 0.891 bits per heavy atom. The molecular formula is C52H66Cl2Zr-2. The summed E-state index contributed by atoms with van der Waals surface area (Å²) in [6, 6.07) is 34.3. The van der Waals surface area contributed by atoms with Gasteiger partial charge in [0.25, 0.3) is 0 Å². The molecular weight excluding hydrogens is 787 g/mol. The van der Waals surface area contributed by atoms with Crippen LogP contribution in [0.5, 0.6) is 0 Å². The first-order valence-electron chi connectivity index (χ1n) is 19.6. The summed E-state index contributed by atoms with van der Waals surface area (Å²) < 4.78 is 1.42. The average Bonchev–Trinajstić information content (AvgIpc) is 3.61. The molecule has 6 rings (SSSR count). The second kappa shape index (κ2) is 18.9. The van der Waals surface area contributed by atoms with E-state index in [0.717, 1.165) is 0 Å². The van der Waals surface area contributed by atoms with Gasteiger partial charge in [-0.15, -0.1) is 39.7 Å². The second-order valence-corrected chi connectivity index (χ2v) is 20.8. The van der Waals surface area contributed by atoms with E-state index in [4.69, 9.17) is 0 Å². The van der Waals surface area contributed by atoms with Gasteiger partial charge in [0.05, 0.1) is 0 Å². The Hall–Kier alpha value is -2.44. The third-order valence-electron chi connectivity index (χ3n) is 10.4. The second-order valence-electron chi connectivity index (χ2n) is 19.6. The van der Waals surface area contributed by atoms with Gasteiger partial charge in [-0.1, -0.05) is 116 Å². The summed E-state index contributed by atoms with van der Waals surface area (Å²) in [7, 11) is 0. The summed E-state index contributed by atoms with van der Waals surface area (Å²) in [4.78, 5) is 0. The molecule has 55 heavy (non-hydrogen) atoms. The molecule has 0 aliphatic heterocycles. The molecule has 1 atom stereocenters. The Bertz CT molecular complexity index is 1960. The van der Waals surface area contributed by atoms with Crippen LogP contribution in [0.1, 0.15) is 144 Å². The fourth-order valence-corrected chi connectivity index (χ4v) is 7.70. The van der Waals surface area contributed by atoms with Crippen LogP contribution in [0.15, 0.2) is 108 Å². The maximum atomic E-state index is 3.37. The van der Waals surface area contributed by atoms with Gasteiger partial charge in [0, 0.05) is 0 Å². The largest absolute Gasteiger partial charge is 1.00 e. The van der Waals surface area contributed by atoms with Crippen LogP contribution in [-0.2, 0) is 45.9 Å². The molecule has 0 N–H and O–H groups in total. The summed E-state index contributed by atoms with van der Waals surface area (Å²) in [5, 5.41) is 5.48. The summed E-state index contributed by atoms with van der Waals surface area (Å²) in [5.74, 6) is 1.20. The molecule has 0 nitrogen and oxygen atoms in total. The molecule has 0 fully saturated rings. The van der Waals surface area contributed by atoms with E-state index in [0.29, 0.717) is 11.8 Å². The van der Waals surface area contributed by atoms with Crippen LogP contribution in [-0.4, -0.2) is 3.21 Å². The molecule has 5 aromatic rings. The van der Waals surface area contributed by atoms with Gasteiger partial charge in [0.2, 0.25) is 0 Å². The Balaban J connectivity index is 0.000000298.